The minimum atomic E-state index is -0.305. The van der Waals surface area contributed by atoms with Crippen LogP contribution in [0.25, 0.3) is 0 Å². The molecular formula is C17H16N2O2. The summed E-state index contributed by atoms with van der Waals surface area (Å²) in [6.07, 6.45) is 0.830. The summed E-state index contributed by atoms with van der Waals surface area (Å²) in [5, 5.41) is 0. The summed E-state index contributed by atoms with van der Waals surface area (Å²) in [5.41, 5.74) is 6.65. The molecular weight excluding hydrogens is 264 g/mol. The van der Waals surface area contributed by atoms with Gasteiger partial charge in [0.1, 0.15) is 0 Å². The van der Waals surface area contributed by atoms with Gasteiger partial charge in [-0.2, -0.15) is 0 Å². The van der Waals surface area contributed by atoms with Gasteiger partial charge in [-0.05, 0) is 30.0 Å². The first-order valence-corrected chi connectivity index (χ1v) is 6.96. The Hall–Kier alpha value is -2.62. The lowest BCUT2D eigenvalue weighted by atomic mass is 10.1. The van der Waals surface area contributed by atoms with E-state index in [0.717, 1.165) is 6.42 Å². The van der Waals surface area contributed by atoms with Crippen LogP contribution >= 0.6 is 0 Å². The van der Waals surface area contributed by atoms with Crippen molar-refractivity contribution in [3.05, 3.63) is 71.8 Å². The highest BCUT2D eigenvalue weighted by atomic mass is 16.2. The fourth-order valence-electron chi connectivity index (χ4n) is 2.43. The maximum absolute atomic E-state index is 12.0. The van der Waals surface area contributed by atoms with Crippen molar-refractivity contribution in [2.45, 2.75) is 12.3 Å². The molecule has 1 aliphatic rings. The average Bonchev–Trinajstić information content (AvgIpc) is 3.35. The Labute approximate surface area is 123 Å². The molecule has 2 aromatic rings. The van der Waals surface area contributed by atoms with Crippen molar-refractivity contribution in [1.29, 1.82) is 0 Å². The fourth-order valence-corrected chi connectivity index (χ4v) is 2.43. The number of amides is 2. The van der Waals surface area contributed by atoms with Gasteiger partial charge in [0, 0.05) is 11.5 Å². The minimum Gasteiger partial charge on any atom is -0.273 e. The van der Waals surface area contributed by atoms with Crippen LogP contribution in [0.3, 0.4) is 0 Å². The molecule has 106 valence electrons. The van der Waals surface area contributed by atoms with E-state index in [2.05, 4.69) is 10.9 Å². The van der Waals surface area contributed by atoms with Gasteiger partial charge in [0.05, 0.1) is 0 Å². The third-order valence-corrected chi connectivity index (χ3v) is 3.69. The summed E-state index contributed by atoms with van der Waals surface area (Å²) in [7, 11) is 0. The van der Waals surface area contributed by atoms with E-state index in [9.17, 15) is 9.59 Å². The summed E-state index contributed by atoms with van der Waals surface area (Å²) in [6.45, 7) is 0. The zero-order chi connectivity index (χ0) is 14.7. The van der Waals surface area contributed by atoms with E-state index in [-0.39, 0.29) is 23.7 Å². The van der Waals surface area contributed by atoms with E-state index in [0.29, 0.717) is 5.56 Å². The van der Waals surface area contributed by atoms with Crippen LogP contribution in [0.1, 0.15) is 28.3 Å². The topological polar surface area (TPSA) is 58.2 Å². The lowest BCUT2D eigenvalue weighted by molar-refractivity contribution is -0.123. The fraction of sp³-hybridized carbons (Fsp3) is 0.176. The Kier molecular flexibility index (Phi) is 3.69. The molecule has 0 saturated heterocycles. The van der Waals surface area contributed by atoms with Crippen LogP contribution in [0.15, 0.2) is 60.7 Å². The summed E-state index contributed by atoms with van der Waals surface area (Å²) in [4.78, 5) is 23.8. The number of hydrogen-bond donors (Lipinski definition) is 2. The molecule has 0 radical (unpaired) electrons. The van der Waals surface area contributed by atoms with Crippen LogP contribution in [-0.4, -0.2) is 11.8 Å². The highest BCUT2D eigenvalue weighted by Crippen LogP contribution is 2.47. The van der Waals surface area contributed by atoms with Gasteiger partial charge < -0.3 is 0 Å². The molecule has 0 spiro atoms. The number of hydrazine groups is 1. The zero-order valence-electron chi connectivity index (χ0n) is 11.5. The number of benzene rings is 2. The lowest BCUT2D eigenvalue weighted by Gasteiger charge is -2.07. The molecule has 2 aromatic carbocycles. The molecule has 4 nitrogen and oxygen atoms in total. The highest BCUT2D eigenvalue weighted by molar-refractivity contribution is 5.95. The monoisotopic (exact) mass is 280 g/mol. The molecule has 0 unspecified atom stereocenters. The van der Waals surface area contributed by atoms with E-state index in [1.54, 1.807) is 24.3 Å². The van der Waals surface area contributed by atoms with Gasteiger partial charge in [-0.25, -0.2) is 0 Å². The van der Waals surface area contributed by atoms with Crippen LogP contribution in [-0.2, 0) is 4.79 Å². The first-order valence-electron chi connectivity index (χ1n) is 6.96. The van der Waals surface area contributed by atoms with Crippen LogP contribution in [0.4, 0.5) is 0 Å². The lowest BCUT2D eigenvalue weighted by Crippen LogP contribution is -2.42. The molecule has 0 aliphatic heterocycles. The van der Waals surface area contributed by atoms with Gasteiger partial charge in [-0.1, -0.05) is 48.5 Å². The third-order valence-electron chi connectivity index (χ3n) is 3.69. The van der Waals surface area contributed by atoms with Crippen molar-refractivity contribution in [1.82, 2.24) is 10.9 Å². The Balaban J connectivity index is 1.51. The second kappa shape index (κ2) is 5.79. The molecule has 0 aromatic heterocycles. The molecule has 2 amide bonds. The van der Waals surface area contributed by atoms with Crippen molar-refractivity contribution in [3.63, 3.8) is 0 Å². The minimum absolute atomic E-state index is 0.0523. The Morgan fingerprint density at radius 2 is 1.48 bits per heavy atom. The van der Waals surface area contributed by atoms with Crippen molar-refractivity contribution >= 4 is 11.8 Å². The smallest absolute Gasteiger partial charge is 0.269 e. The molecule has 21 heavy (non-hydrogen) atoms. The maximum Gasteiger partial charge on any atom is 0.269 e. The summed E-state index contributed by atoms with van der Waals surface area (Å²) < 4.78 is 0. The predicted molar refractivity (Wildman–Crippen MR) is 79.3 cm³/mol. The molecule has 3 rings (SSSR count). The standard InChI is InChI=1S/C17H16N2O2/c20-16(13-9-5-2-6-10-13)18-19-17(21)15-11-14(15)12-7-3-1-4-8-12/h1-10,14-15H,11H2,(H,18,20)(H,19,21)/t14-,15-/m0/s1. The van der Waals surface area contributed by atoms with Crippen molar-refractivity contribution in [2.24, 2.45) is 5.92 Å². The second-order valence-corrected chi connectivity index (χ2v) is 5.17. The van der Waals surface area contributed by atoms with E-state index < -0.39 is 0 Å². The molecule has 1 fully saturated rings. The number of carbonyl (C=O) groups excluding carboxylic acids is 2. The van der Waals surface area contributed by atoms with Crippen molar-refractivity contribution in [2.75, 3.05) is 0 Å². The Morgan fingerprint density at radius 3 is 2.14 bits per heavy atom. The number of carbonyl (C=O) groups is 2. The largest absolute Gasteiger partial charge is 0.273 e. The predicted octanol–water partition coefficient (Wildman–Crippen LogP) is 2.25. The van der Waals surface area contributed by atoms with Crippen molar-refractivity contribution in [3.8, 4) is 0 Å². The normalized spacial score (nSPS) is 19.6. The van der Waals surface area contributed by atoms with Crippen LogP contribution in [0, 0.1) is 5.92 Å². The Bertz CT molecular complexity index is 640. The summed E-state index contributed by atoms with van der Waals surface area (Å²) >= 11 is 0. The molecule has 1 saturated carbocycles. The van der Waals surface area contributed by atoms with E-state index in [4.69, 9.17) is 0 Å². The van der Waals surface area contributed by atoms with Gasteiger partial charge >= 0.3 is 0 Å². The molecule has 4 heteroatoms. The first-order chi connectivity index (χ1) is 10.3. The summed E-state index contributed by atoms with van der Waals surface area (Å²) in [5.74, 6) is -0.225. The van der Waals surface area contributed by atoms with E-state index >= 15 is 0 Å². The average molecular weight is 280 g/mol. The number of hydrogen-bond acceptors (Lipinski definition) is 2. The highest BCUT2D eigenvalue weighted by Gasteiger charge is 2.43. The number of rotatable bonds is 3. The van der Waals surface area contributed by atoms with E-state index in [1.165, 1.54) is 5.56 Å². The maximum atomic E-state index is 12.0. The van der Waals surface area contributed by atoms with Gasteiger partial charge in [-0.3, -0.25) is 20.4 Å². The molecule has 1 aliphatic carbocycles. The number of nitrogens with one attached hydrogen (secondary N) is 2. The van der Waals surface area contributed by atoms with Gasteiger partial charge in [0.2, 0.25) is 5.91 Å². The quantitative estimate of drug-likeness (QED) is 0.847. The molecule has 2 atom stereocenters. The van der Waals surface area contributed by atoms with Crippen LogP contribution < -0.4 is 10.9 Å². The van der Waals surface area contributed by atoms with Gasteiger partial charge in [0.15, 0.2) is 0 Å². The summed E-state index contributed by atoms with van der Waals surface area (Å²) in [6, 6.07) is 18.8. The molecule has 0 heterocycles. The molecule has 0 bridgehead atoms. The third kappa shape index (κ3) is 3.11. The van der Waals surface area contributed by atoms with Gasteiger partial charge in [0.25, 0.3) is 5.91 Å². The van der Waals surface area contributed by atoms with E-state index in [1.807, 2.05) is 36.4 Å². The molecule has 2 N–H and O–H groups in total. The second-order valence-electron chi connectivity index (χ2n) is 5.17. The van der Waals surface area contributed by atoms with Gasteiger partial charge in [-0.15, -0.1) is 0 Å². The van der Waals surface area contributed by atoms with Crippen LogP contribution in [0.5, 0.6) is 0 Å². The Morgan fingerprint density at radius 1 is 0.857 bits per heavy atom. The first kappa shape index (κ1) is 13.4. The van der Waals surface area contributed by atoms with Crippen LogP contribution in [0.2, 0.25) is 0 Å². The zero-order valence-corrected chi connectivity index (χ0v) is 11.5. The SMILES string of the molecule is O=C(NNC(=O)[C@H]1C[C@H]1c1ccccc1)c1ccccc1. The van der Waals surface area contributed by atoms with Crippen molar-refractivity contribution < 1.29 is 9.59 Å².